The highest BCUT2D eigenvalue weighted by Crippen LogP contribution is 2.36. The first kappa shape index (κ1) is 13.9. The summed E-state index contributed by atoms with van der Waals surface area (Å²) in [6, 6.07) is 4.71. The maximum absolute atomic E-state index is 13.1. The molecule has 1 aromatic carbocycles. The van der Waals surface area contributed by atoms with Gasteiger partial charge in [0.25, 0.3) is 0 Å². The second kappa shape index (κ2) is 5.99. The fraction of sp³-hybridized carbons (Fsp3) is 0.500. The van der Waals surface area contributed by atoms with E-state index in [0.29, 0.717) is 5.92 Å². The van der Waals surface area contributed by atoms with Crippen LogP contribution in [0.4, 0.5) is 4.39 Å². The third-order valence-electron chi connectivity index (χ3n) is 3.22. The molecule has 2 N–H and O–H groups in total. The van der Waals surface area contributed by atoms with E-state index >= 15 is 0 Å². The van der Waals surface area contributed by atoms with Gasteiger partial charge >= 0.3 is 0 Å². The van der Waals surface area contributed by atoms with E-state index in [-0.39, 0.29) is 24.3 Å². The molecule has 90 valence electrons. The monoisotopic (exact) mass is 307 g/mol. The Morgan fingerprint density at radius 1 is 1.31 bits per heavy atom. The van der Waals surface area contributed by atoms with E-state index in [1.54, 1.807) is 12.1 Å². The summed E-state index contributed by atoms with van der Waals surface area (Å²) < 4.78 is 14.0. The van der Waals surface area contributed by atoms with Crippen molar-refractivity contribution in [3.63, 3.8) is 0 Å². The summed E-state index contributed by atoms with van der Waals surface area (Å²) >= 11 is 3.43. The highest BCUT2D eigenvalue weighted by Gasteiger charge is 2.24. The van der Waals surface area contributed by atoms with E-state index in [4.69, 9.17) is 5.73 Å². The van der Waals surface area contributed by atoms with Crippen LogP contribution in [0, 0.1) is 11.7 Å². The Bertz CT molecular complexity index is 353. The molecule has 0 heterocycles. The summed E-state index contributed by atoms with van der Waals surface area (Å²) in [6.45, 7) is 0. The Hall–Kier alpha value is -0.120. The van der Waals surface area contributed by atoms with Gasteiger partial charge in [-0.2, -0.15) is 0 Å². The Morgan fingerprint density at radius 3 is 2.56 bits per heavy atom. The van der Waals surface area contributed by atoms with Gasteiger partial charge in [-0.15, -0.1) is 12.4 Å². The maximum Gasteiger partial charge on any atom is 0.123 e. The normalized spacial score (nSPS) is 18.2. The summed E-state index contributed by atoms with van der Waals surface area (Å²) in [5.41, 5.74) is 7.08. The largest absolute Gasteiger partial charge is 0.324 e. The van der Waals surface area contributed by atoms with E-state index in [1.807, 2.05) is 0 Å². The predicted octanol–water partition coefficient (Wildman–Crippen LogP) is 4.20. The van der Waals surface area contributed by atoms with Crippen LogP contribution in [0.15, 0.2) is 22.7 Å². The van der Waals surface area contributed by atoms with Gasteiger partial charge in [-0.1, -0.05) is 28.8 Å². The van der Waals surface area contributed by atoms with Crippen LogP contribution in [-0.2, 0) is 0 Å². The summed E-state index contributed by atoms with van der Waals surface area (Å²) in [7, 11) is 0. The number of benzene rings is 1. The number of rotatable bonds is 2. The zero-order valence-corrected chi connectivity index (χ0v) is 11.4. The van der Waals surface area contributed by atoms with Crippen molar-refractivity contribution in [1.82, 2.24) is 0 Å². The van der Waals surface area contributed by atoms with Gasteiger partial charge in [-0.05, 0) is 42.5 Å². The van der Waals surface area contributed by atoms with Crippen LogP contribution in [-0.4, -0.2) is 0 Å². The van der Waals surface area contributed by atoms with Gasteiger partial charge < -0.3 is 5.73 Å². The van der Waals surface area contributed by atoms with Gasteiger partial charge in [0.05, 0.1) is 0 Å². The molecule has 1 atom stereocenters. The van der Waals surface area contributed by atoms with Crippen LogP contribution in [0.3, 0.4) is 0 Å². The Morgan fingerprint density at radius 2 is 1.94 bits per heavy atom. The van der Waals surface area contributed by atoms with Crippen LogP contribution in [0.25, 0.3) is 0 Å². The molecular formula is C12H16BrClFN. The van der Waals surface area contributed by atoms with Crippen molar-refractivity contribution in [2.45, 2.75) is 31.7 Å². The molecule has 16 heavy (non-hydrogen) atoms. The Labute approximate surface area is 110 Å². The molecule has 0 spiro atoms. The van der Waals surface area contributed by atoms with Crippen molar-refractivity contribution in [2.75, 3.05) is 0 Å². The third kappa shape index (κ3) is 2.96. The quantitative estimate of drug-likeness (QED) is 0.870. The molecule has 1 aliphatic carbocycles. The molecule has 1 fully saturated rings. The minimum atomic E-state index is -0.207. The highest BCUT2D eigenvalue weighted by atomic mass is 79.9. The molecular weight excluding hydrogens is 292 g/mol. The molecule has 0 bridgehead atoms. The van der Waals surface area contributed by atoms with E-state index in [1.165, 1.54) is 31.7 Å². The molecule has 0 aromatic heterocycles. The number of halogens is 3. The van der Waals surface area contributed by atoms with Gasteiger partial charge in [0, 0.05) is 10.5 Å². The maximum atomic E-state index is 13.1. The smallest absolute Gasteiger partial charge is 0.123 e. The minimum absolute atomic E-state index is 0. The first-order chi connectivity index (χ1) is 7.18. The molecule has 1 nitrogen and oxygen atoms in total. The molecule has 1 aromatic rings. The van der Waals surface area contributed by atoms with E-state index < -0.39 is 0 Å². The van der Waals surface area contributed by atoms with Crippen molar-refractivity contribution in [2.24, 2.45) is 11.7 Å². The average Bonchev–Trinajstić information content (AvgIpc) is 2.74. The fourth-order valence-electron chi connectivity index (χ4n) is 2.34. The van der Waals surface area contributed by atoms with E-state index in [9.17, 15) is 4.39 Å². The number of nitrogens with two attached hydrogens (primary N) is 1. The van der Waals surface area contributed by atoms with Crippen LogP contribution in [0.5, 0.6) is 0 Å². The SMILES string of the molecule is Cl.N[C@H](c1cc(F)ccc1Br)C1CCCC1. The van der Waals surface area contributed by atoms with Crippen molar-refractivity contribution in [1.29, 1.82) is 0 Å². The van der Waals surface area contributed by atoms with Crippen molar-refractivity contribution >= 4 is 28.3 Å². The molecule has 1 saturated carbocycles. The van der Waals surface area contributed by atoms with E-state index in [0.717, 1.165) is 10.0 Å². The van der Waals surface area contributed by atoms with Crippen LogP contribution < -0.4 is 5.73 Å². The number of hydrogen-bond acceptors (Lipinski definition) is 1. The minimum Gasteiger partial charge on any atom is -0.324 e. The lowest BCUT2D eigenvalue weighted by molar-refractivity contribution is 0.442. The van der Waals surface area contributed by atoms with Crippen molar-refractivity contribution < 1.29 is 4.39 Å². The summed E-state index contributed by atoms with van der Waals surface area (Å²) in [4.78, 5) is 0. The topological polar surface area (TPSA) is 26.0 Å². The second-order valence-electron chi connectivity index (χ2n) is 4.24. The average molecular weight is 309 g/mol. The van der Waals surface area contributed by atoms with Crippen LogP contribution in [0.1, 0.15) is 37.3 Å². The first-order valence-corrected chi connectivity index (χ1v) is 6.18. The van der Waals surface area contributed by atoms with E-state index in [2.05, 4.69) is 15.9 Å². The van der Waals surface area contributed by atoms with Crippen molar-refractivity contribution in [3.8, 4) is 0 Å². The second-order valence-corrected chi connectivity index (χ2v) is 5.09. The van der Waals surface area contributed by atoms with Crippen LogP contribution >= 0.6 is 28.3 Å². The summed E-state index contributed by atoms with van der Waals surface area (Å²) in [5.74, 6) is 0.310. The fourth-order valence-corrected chi connectivity index (χ4v) is 2.85. The lowest BCUT2D eigenvalue weighted by atomic mass is 9.92. The number of hydrogen-bond donors (Lipinski definition) is 1. The zero-order valence-electron chi connectivity index (χ0n) is 8.96. The lowest BCUT2D eigenvalue weighted by Gasteiger charge is -2.20. The lowest BCUT2D eigenvalue weighted by Crippen LogP contribution is -2.19. The molecule has 0 amide bonds. The highest BCUT2D eigenvalue weighted by molar-refractivity contribution is 9.10. The molecule has 2 rings (SSSR count). The third-order valence-corrected chi connectivity index (χ3v) is 3.95. The molecule has 0 radical (unpaired) electrons. The Kier molecular flexibility index (Phi) is 5.22. The zero-order chi connectivity index (χ0) is 10.8. The molecule has 0 unspecified atom stereocenters. The van der Waals surface area contributed by atoms with Gasteiger partial charge in [0.2, 0.25) is 0 Å². The summed E-state index contributed by atoms with van der Waals surface area (Å²) in [5, 5.41) is 0. The first-order valence-electron chi connectivity index (χ1n) is 5.39. The molecule has 1 aliphatic rings. The molecule has 0 saturated heterocycles. The van der Waals surface area contributed by atoms with Gasteiger partial charge in [-0.25, -0.2) is 4.39 Å². The standard InChI is InChI=1S/C12H15BrFN.ClH/c13-11-6-5-9(14)7-10(11)12(15)8-3-1-2-4-8;/h5-8,12H,1-4,15H2;1H/t12-;/m0./s1. The van der Waals surface area contributed by atoms with Gasteiger partial charge in [0.15, 0.2) is 0 Å². The van der Waals surface area contributed by atoms with Gasteiger partial charge in [0.1, 0.15) is 5.82 Å². The predicted molar refractivity (Wildman–Crippen MR) is 70.2 cm³/mol. The Balaban J connectivity index is 0.00000128. The van der Waals surface area contributed by atoms with Crippen molar-refractivity contribution in [3.05, 3.63) is 34.1 Å². The molecule has 0 aliphatic heterocycles. The summed E-state index contributed by atoms with van der Waals surface area (Å²) in [6.07, 6.45) is 4.85. The van der Waals surface area contributed by atoms with Crippen LogP contribution in [0.2, 0.25) is 0 Å². The molecule has 4 heteroatoms. The van der Waals surface area contributed by atoms with Gasteiger partial charge in [-0.3, -0.25) is 0 Å².